The van der Waals surface area contributed by atoms with Crippen LogP contribution >= 0.6 is 0 Å². The number of hydrogen-bond acceptors (Lipinski definition) is 6. The van der Waals surface area contributed by atoms with Gasteiger partial charge in [0.2, 0.25) is 5.95 Å². The van der Waals surface area contributed by atoms with E-state index in [1.165, 1.54) is 0 Å². The molecule has 2 aromatic heterocycles. The lowest BCUT2D eigenvalue weighted by Gasteiger charge is -2.28. The summed E-state index contributed by atoms with van der Waals surface area (Å²) in [5.41, 5.74) is 6.65. The van der Waals surface area contributed by atoms with E-state index in [0.29, 0.717) is 12.5 Å². The van der Waals surface area contributed by atoms with Gasteiger partial charge in [-0.2, -0.15) is 4.98 Å². The van der Waals surface area contributed by atoms with Crippen molar-refractivity contribution in [1.29, 1.82) is 0 Å². The zero-order valence-corrected chi connectivity index (χ0v) is 9.54. The number of anilines is 2. The maximum Gasteiger partial charge on any atom is 0.221 e. The van der Waals surface area contributed by atoms with Crippen molar-refractivity contribution >= 4 is 11.8 Å². The average molecular weight is 231 g/mol. The van der Waals surface area contributed by atoms with Gasteiger partial charge in [0.1, 0.15) is 12.1 Å². The Morgan fingerprint density at radius 3 is 3.12 bits per heavy atom. The van der Waals surface area contributed by atoms with E-state index in [9.17, 15) is 0 Å². The predicted octanol–water partition coefficient (Wildman–Crippen LogP) is -0.0211. The fraction of sp³-hybridized carbons (Fsp3) is 0.400. The van der Waals surface area contributed by atoms with Gasteiger partial charge in [0, 0.05) is 24.8 Å². The second kappa shape index (κ2) is 3.69. The summed E-state index contributed by atoms with van der Waals surface area (Å²) >= 11 is 0. The van der Waals surface area contributed by atoms with Crippen LogP contribution in [0.15, 0.2) is 12.5 Å². The number of fused-ring (bicyclic) bond motifs is 1. The zero-order valence-electron chi connectivity index (χ0n) is 9.54. The zero-order chi connectivity index (χ0) is 11.8. The molecule has 7 nitrogen and oxygen atoms in total. The van der Waals surface area contributed by atoms with Gasteiger partial charge in [-0.15, -0.1) is 10.2 Å². The molecule has 2 N–H and O–H groups in total. The number of nitrogens with two attached hydrogens (primary N) is 1. The number of aryl methyl sites for hydroxylation is 1. The van der Waals surface area contributed by atoms with Crippen molar-refractivity contribution in [3.05, 3.63) is 23.9 Å². The fourth-order valence-corrected chi connectivity index (χ4v) is 2.01. The quantitative estimate of drug-likeness (QED) is 0.742. The van der Waals surface area contributed by atoms with Gasteiger partial charge >= 0.3 is 0 Å². The topological polar surface area (TPSA) is 85.8 Å². The summed E-state index contributed by atoms with van der Waals surface area (Å²) < 4.78 is 2.05. The number of rotatable bonds is 1. The van der Waals surface area contributed by atoms with E-state index >= 15 is 0 Å². The minimum Gasteiger partial charge on any atom is -0.368 e. The van der Waals surface area contributed by atoms with Gasteiger partial charge in [-0.3, -0.25) is 0 Å². The second-order valence-electron chi connectivity index (χ2n) is 4.10. The van der Waals surface area contributed by atoms with Crippen LogP contribution in [-0.2, 0) is 13.1 Å². The van der Waals surface area contributed by atoms with Crippen molar-refractivity contribution in [3.8, 4) is 0 Å². The first-order valence-electron chi connectivity index (χ1n) is 5.45. The van der Waals surface area contributed by atoms with Crippen molar-refractivity contribution in [3.63, 3.8) is 0 Å². The smallest absolute Gasteiger partial charge is 0.221 e. The Hall–Kier alpha value is -2.18. The Kier molecular flexibility index (Phi) is 2.17. The highest BCUT2D eigenvalue weighted by Gasteiger charge is 2.20. The third kappa shape index (κ3) is 1.69. The lowest BCUT2D eigenvalue weighted by molar-refractivity contribution is 0.555. The summed E-state index contributed by atoms with van der Waals surface area (Å²) in [5.74, 6) is 2.14. The summed E-state index contributed by atoms with van der Waals surface area (Å²) in [7, 11) is 0. The molecule has 0 saturated heterocycles. The molecule has 0 saturated carbocycles. The van der Waals surface area contributed by atoms with Crippen molar-refractivity contribution < 1.29 is 0 Å². The summed E-state index contributed by atoms with van der Waals surface area (Å²) in [6.45, 7) is 4.43. The molecule has 0 atom stereocenters. The summed E-state index contributed by atoms with van der Waals surface area (Å²) in [5, 5.41) is 7.98. The van der Waals surface area contributed by atoms with Gasteiger partial charge in [-0.25, -0.2) is 4.98 Å². The van der Waals surface area contributed by atoms with Crippen LogP contribution in [0.4, 0.5) is 11.8 Å². The normalized spacial score (nSPS) is 14.8. The first-order valence-corrected chi connectivity index (χ1v) is 5.45. The highest BCUT2D eigenvalue weighted by Crippen LogP contribution is 2.21. The molecule has 7 heteroatoms. The molecule has 2 aromatic rings. The molecule has 0 spiro atoms. The standard InChI is InChI=1S/C10H13N7/c1-7-4-12-10(11)14-9(7)16-2-3-17-6-13-15-8(17)5-16/h4,6H,2-3,5H2,1H3,(H2,11,12,14). The summed E-state index contributed by atoms with van der Waals surface area (Å²) in [6.07, 6.45) is 3.50. The van der Waals surface area contributed by atoms with E-state index in [1.807, 2.05) is 6.92 Å². The fourth-order valence-electron chi connectivity index (χ4n) is 2.01. The Bertz CT molecular complexity index is 547. The molecule has 0 unspecified atom stereocenters. The van der Waals surface area contributed by atoms with E-state index in [0.717, 1.165) is 30.3 Å². The number of aromatic nitrogens is 5. The van der Waals surface area contributed by atoms with Crippen LogP contribution in [0.3, 0.4) is 0 Å². The van der Waals surface area contributed by atoms with Gasteiger partial charge < -0.3 is 15.2 Å². The molecular weight excluding hydrogens is 218 g/mol. The molecule has 0 radical (unpaired) electrons. The van der Waals surface area contributed by atoms with E-state index in [-0.39, 0.29) is 0 Å². The molecule has 0 amide bonds. The van der Waals surface area contributed by atoms with E-state index in [4.69, 9.17) is 5.73 Å². The average Bonchev–Trinajstić information content (AvgIpc) is 2.79. The SMILES string of the molecule is Cc1cnc(N)nc1N1CCn2cnnc2C1. The summed E-state index contributed by atoms with van der Waals surface area (Å²) in [4.78, 5) is 10.4. The highest BCUT2D eigenvalue weighted by atomic mass is 15.3. The first-order chi connectivity index (χ1) is 8.24. The van der Waals surface area contributed by atoms with Gasteiger partial charge in [-0.05, 0) is 6.92 Å². The lowest BCUT2D eigenvalue weighted by Crippen LogP contribution is -2.34. The van der Waals surface area contributed by atoms with Crippen LogP contribution in [0.1, 0.15) is 11.4 Å². The van der Waals surface area contributed by atoms with Crippen molar-refractivity contribution in [2.24, 2.45) is 0 Å². The largest absolute Gasteiger partial charge is 0.368 e. The Balaban J connectivity index is 1.94. The van der Waals surface area contributed by atoms with Crippen LogP contribution in [0, 0.1) is 6.92 Å². The van der Waals surface area contributed by atoms with Gasteiger partial charge in [0.15, 0.2) is 5.82 Å². The molecule has 88 valence electrons. The van der Waals surface area contributed by atoms with E-state index in [2.05, 4.69) is 29.6 Å². The van der Waals surface area contributed by atoms with Crippen molar-refractivity contribution in [1.82, 2.24) is 24.7 Å². The molecule has 1 aliphatic heterocycles. The molecule has 0 bridgehead atoms. The van der Waals surface area contributed by atoms with Gasteiger partial charge in [-0.1, -0.05) is 0 Å². The van der Waals surface area contributed by atoms with Crippen LogP contribution in [-0.4, -0.2) is 31.3 Å². The van der Waals surface area contributed by atoms with Crippen LogP contribution in [0.5, 0.6) is 0 Å². The van der Waals surface area contributed by atoms with E-state index < -0.39 is 0 Å². The van der Waals surface area contributed by atoms with Crippen LogP contribution < -0.4 is 10.6 Å². The molecule has 3 rings (SSSR count). The molecule has 1 aliphatic rings. The third-order valence-electron chi connectivity index (χ3n) is 2.90. The van der Waals surface area contributed by atoms with Gasteiger partial charge in [0.05, 0.1) is 6.54 Å². The Morgan fingerprint density at radius 2 is 2.24 bits per heavy atom. The number of nitrogens with zero attached hydrogens (tertiary/aromatic N) is 6. The molecule has 0 aliphatic carbocycles. The van der Waals surface area contributed by atoms with Crippen LogP contribution in [0.2, 0.25) is 0 Å². The third-order valence-corrected chi connectivity index (χ3v) is 2.90. The highest BCUT2D eigenvalue weighted by molar-refractivity contribution is 5.48. The van der Waals surface area contributed by atoms with Gasteiger partial charge in [0.25, 0.3) is 0 Å². The van der Waals surface area contributed by atoms with Crippen molar-refractivity contribution in [2.75, 3.05) is 17.2 Å². The maximum absolute atomic E-state index is 5.63. The van der Waals surface area contributed by atoms with Crippen molar-refractivity contribution in [2.45, 2.75) is 20.0 Å². The molecule has 0 aromatic carbocycles. The number of nitrogen functional groups attached to an aromatic ring is 1. The minimum absolute atomic E-state index is 0.303. The summed E-state index contributed by atoms with van der Waals surface area (Å²) in [6, 6.07) is 0. The molecule has 0 fully saturated rings. The molecular formula is C10H13N7. The lowest BCUT2D eigenvalue weighted by atomic mass is 10.3. The van der Waals surface area contributed by atoms with E-state index in [1.54, 1.807) is 12.5 Å². The monoisotopic (exact) mass is 231 g/mol. The van der Waals surface area contributed by atoms with Crippen LogP contribution in [0.25, 0.3) is 0 Å². The predicted molar refractivity (Wildman–Crippen MR) is 62.3 cm³/mol. The minimum atomic E-state index is 0.303. The first kappa shape index (κ1) is 10.0. The molecule has 17 heavy (non-hydrogen) atoms. The maximum atomic E-state index is 5.63. The molecule has 3 heterocycles. The number of hydrogen-bond donors (Lipinski definition) is 1. The Morgan fingerprint density at radius 1 is 1.35 bits per heavy atom. The second-order valence-corrected chi connectivity index (χ2v) is 4.10. The Labute approximate surface area is 98.3 Å².